The van der Waals surface area contributed by atoms with E-state index in [2.05, 4.69) is 27.1 Å². The maximum absolute atomic E-state index is 13.7. The Bertz CT molecular complexity index is 672. The lowest BCUT2D eigenvalue weighted by atomic mass is 10.1. The summed E-state index contributed by atoms with van der Waals surface area (Å²) in [6.45, 7) is 0.0873. The van der Waals surface area contributed by atoms with Crippen LogP contribution in [0.15, 0.2) is 30.7 Å². The van der Waals surface area contributed by atoms with Gasteiger partial charge >= 0.3 is 0 Å². The van der Waals surface area contributed by atoms with Crippen molar-refractivity contribution in [3.8, 4) is 11.8 Å². The summed E-state index contributed by atoms with van der Waals surface area (Å²) in [5, 5.41) is 11.3. The van der Waals surface area contributed by atoms with Gasteiger partial charge in [-0.3, -0.25) is 4.79 Å². The predicted molar refractivity (Wildman–Crippen MR) is 75.0 cm³/mol. The average molecular weight is 287 g/mol. The van der Waals surface area contributed by atoms with Gasteiger partial charge in [0.05, 0.1) is 11.9 Å². The van der Waals surface area contributed by atoms with Crippen molar-refractivity contribution < 1.29 is 14.3 Å². The van der Waals surface area contributed by atoms with Crippen molar-refractivity contribution in [1.29, 1.82) is 0 Å². The first-order chi connectivity index (χ1) is 10.2. The molecule has 6 heteroatoms. The Balaban J connectivity index is 1.94. The standard InChI is InChI=1S/C15H14FN3O2/c16-14-8-12(4-3-11(14)2-1-7-20)15(21)18-6-5-13-9-17-10-19-13/h3-4,8-10,20H,5-7H2,(H,17,19)(H,18,21). The molecule has 0 aliphatic rings. The zero-order valence-corrected chi connectivity index (χ0v) is 11.2. The van der Waals surface area contributed by atoms with Gasteiger partial charge in [-0.1, -0.05) is 11.8 Å². The van der Waals surface area contributed by atoms with Crippen LogP contribution < -0.4 is 5.32 Å². The van der Waals surface area contributed by atoms with Gasteiger partial charge in [0.2, 0.25) is 0 Å². The molecule has 1 aromatic carbocycles. The third-order valence-corrected chi connectivity index (χ3v) is 2.77. The summed E-state index contributed by atoms with van der Waals surface area (Å²) >= 11 is 0. The van der Waals surface area contributed by atoms with E-state index in [1.165, 1.54) is 12.1 Å². The molecule has 0 atom stereocenters. The second kappa shape index (κ2) is 7.22. The minimum Gasteiger partial charge on any atom is -0.384 e. The number of nitrogens with zero attached hydrogens (tertiary/aromatic N) is 1. The Morgan fingerprint density at radius 2 is 2.33 bits per heavy atom. The minimum absolute atomic E-state index is 0.151. The third-order valence-electron chi connectivity index (χ3n) is 2.77. The molecule has 5 nitrogen and oxygen atoms in total. The highest BCUT2D eigenvalue weighted by Crippen LogP contribution is 2.09. The Kier molecular flexibility index (Phi) is 5.07. The minimum atomic E-state index is -0.586. The van der Waals surface area contributed by atoms with E-state index < -0.39 is 5.82 Å². The summed E-state index contributed by atoms with van der Waals surface area (Å²) in [6, 6.07) is 4.05. The quantitative estimate of drug-likeness (QED) is 0.730. The number of aromatic amines is 1. The number of imidazole rings is 1. The van der Waals surface area contributed by atoms with Crippen LogP contribution in [-0.4, -0.2) is 34.1 Å². The van der Waals surface area contributed by atoms with Crippen LogP contribution in [0.25, 0.3) is 0 Å². The number of amides is 1. The van der Waals surface area contributed by atoms with Crippen LogP contribution in [-0.2, 0) is 6.42 Å². The zero-order valence-electron chi connectivity index (χ0n) is 11.2. The van der Waals surface area contributed by atoms with Crippen molar-refractivity contribution in [3.05, 3.63) is 53.4 Å². The number of rotatable bonds is 4. The fourth-order valence-electron chi connectivity index (χ4n) is 1.73. The van der Waals surface area contributed by atoms with E-state index in [9.17, 15) is 9.18 Å². The Hall–Kier alpha value is -2.65. The summed E-state index contributed by atoms with van der Waals surface area (Å²) in [6.07, 6.45) is 3.87. The second-order valence-electron chi connectivity index (χ2n) is 4.24. The molecule has 0 aliphatic heterocycles. The van der Waals surface area contributed by atoms with Crippen LogP contribution in [0.4, 0.5) is 4.39 Å². The molecule has 0 bridgehead atoms. The topological polar surface area (TPSA) is 78.0 Å². The monoisotopic (exact) mass is 287 g/mol. The number of carbonyl (C=O) groups excluding carboxylic acids is 1. The molecule has 0 fully saturated rings. The number of benzene rings is 1. The Labute approximate surface area is 121 Å². The predicted octanol–water partition coefficient (Wildman–Crippen LogP) is 0.865. The largest absolute Gasteiger partial charge is 0.384 e. The molecular weight excluding hydrogens is 273 g/mol. The van der Waals surface area contributed by atoms with E-state index in [1.54, 1.807) is 12.5 Å². The molecule has 21 heavy (non-hydrogen) atoms. The van der Waals surface area contributed by atoms with Crippen LogP contribution in [0.3, 0.4) is 0 Å². The number of H-pyrrole nitrogens is 1. The van der Waals surface area contributed by atoms with Gasteiger partial charge in [-0.15, -0.1) is 0 Å². The van der Waals surface area contributed by atoms with E-state index in [0.29, 0.717) is 13.0 Å². The highest BCUT2D eigenvalue weighted by atomic mass is 19.1. The van der Waals surface area contributed by atoms with Gasteiger partial charge in [0.1, 0.15) is 12.4 Å². The van der Waals surface area contributed by atoms with Crippen molar-refractivity contribution in [3.63, 3.8) is 0 Å². The van der Waals surface area contributed by atoms with E-state index in [-0.39, 0.29) is 23.6 Å². The van der Waals surface area contributed by atoms with Crippen molar-refractivity contribution in [2.75, 3.05) is 13.2 Å². The maximum Gasteiger partial charge on any atom is 0.251 e. The molecule has 1 aromatic heterocycles. The van der Waals surface area contributed by atoms with E-state index in [0.717, 1.165) is 11.8 Å². The SMILES string of the molecule is O=C(NCCc1cnc[nH]1)c1ccc(C#CCO)c(F)c1. The summed E-state index contributed by atoms with van der Waals surface area (Å²) < 4.78 is 13.7. The van der Waals surface area contributed by atoms with Crippen LogP contribution in [0, 0.1) is 17.7 Å². The lowest BCUT2D eigenvalue weighted by Crippen LogP contribution is -2.25. The molecule has 3 N–H and O–H groups in total. The van der Waals surface area contributed by atoms with Crippen molar-refractivity contribution in [1.82, 2.24) is 15.3 Å². The van der Waals surface area contributed by atoms with Crippen molar-refractivity contribution in [2.45, 2.75) is 6.42 Å². The highest BCUT2D eigenvalue weighted by molar-refractivity contribution is 5.94. The lowest BCUT2D eigenvalue weighted by molar-refractivity contribution is 0.0953. The Morgan fingerprint density at radius 3 is 3.00 bits per heavy atom. The van der Waals surface area contributed by atoms with Gasteiger partial charge in [-0.25, -0.2) is 9.37 Å². The van der Waals surface area contributed by atoms with E-state index in [1.807, 2.05) is 0 Å². The summed E-state index contributed by atoms with van der Waals surface area (Å²) in [5.41, 5.74) is 1.29. The zero-order chi connectivity index (χ0) is 15.1. The molecule has 0 saturated carbocycles. The van der Waals surface area contributed by atoms with Crippen LogP contribution >= 0.6 is 0 Å². The smallest absolute Gasteiger partial charge is 0.251 e. The summed E-state index contributed by atoms with van der Waals surface area (Å²) in [5.74, 6) is 3.89. The number of halogens is 1. The molecule has 2 aromatic rings. The molecule has 1 amide bonds. The molecule has 1 heterocycles. The van der Waals surface area contributed by atoms with Crippen LogP contribution in [0.1, 0.15) is 21.6 Å². The van der Waals surface area contributed by atoms with Gasteiger partial charge in [-0.2, -0.15) is 0 Å². The molecule has 0 saturated heterocycles. The number of hydrogen-bond donors (Lipinski definition) is 3. The number of aromatic nitrogens is 2. The number of carbonyl (C=O) groups is 1. The molecule has 108 valence electrons. The van der Waals surface area contributed by atoms with Gasteiger partial charge in [-0.05, 0) is 18.2 Å². The second-order valence-corrected chi connectivity index (χ2v) is 4.24. The number of hydrogen-bond acceptors (Lipinski definition) is 3. The highest BCUT2D eigenvalue weighted by Gasteiger charge is 2.08. The average Bonchev–Trinajstić information content (AvgIpc) is 2.99. The first-order valence-corrected chi connectivity index (χ1v) is 6.35. The summed E-state index contributed by atoms with van der Waals surface area (Å²) in [4.78, 5) is 18.7. The molecular formula is C15H14FN3O2. The lowest BCUT2D eigenvalue weighted by Gasteiger charge is -2.05. The molecule has 0 unspecified atom stereocenters. The molecule has 0 spiro atoms. The van der Waals surface area contributed by atoms with Gasteiger partial charge in [0, 0.05) is 30.4 Å². The number of aliphatic hydroxyl groups is 1. The molecule has 0 radical (unpaired) electrons. The normalized spacial score (nSPS) is 9.81. The van der Waals surface area contributed by atoms with Gasteiger partial charge < -0.3 is 15.4 Å². The van der Waals surface area contributed by atoms with Gasteiger partial charge in [0.25, 0.3) is 5.91 Å². The van der Waals surface area contributed by atoms with Crippen LogP contribution in [0.5, 0.6) is 0 Å². The number of aliphatic hydroxyl groups excluding tert-OH is 1. The molecule has 2 rings (SSSR count). The van der Waals surface area contributed by atoms with E-state index in [4.69, 9.17) is 5.11 Å². The molecule has 0 aliphatic carbocycles. The van der Waals surface area contributed by atoms with Crippen molar-refractivity contribution >= 4 is 5.91 Å². The van der Waals surface area contributed by atoms with E-state index >= 15 is 0 Å². The number of nitrogens with one attached hydrogen (secondary N) is 2. The third kappa shape index (κ3) is 4.16. The first kappa shape index (κ1) is 14.8. The van der Waals surface area contributed by atoms with Gasteiger partial charge in [0.15, 0.2) is 0 Å². The fraction of sp³-hybridized carbons (Fsp3) is 0.200. The maximum atomic E-state index is 13.7. The Morgan fingerprint density at radius 1 is 1.48 bits per heavy atom. The first-order valence-electron chi connectivity index (χ1n) is 6.35. The fourth-order valence-corrected chi connectivity index (χ4v) is 1.73. The van der Waals surface area contributed by atoms with Crippen molar-refractivity contribution in [2.24, 2.45) is 0 Å². The summed E-state index contributed by atoms with van der Waals surface area (Å²) in [7, 11) is 0. The van der Waals surface area contributed by atoms with Crippen LogP contribution in [0.2, 0.25) is 0 Å².